The van der Waals surface area contributed by atoms with Crippen LogP contribution in [0.25, 0.3) is 11.5 Å². The van der Waals surface area contributed by atoms with Crippen LogP contribution in [-0.2, 0) is 6.54 Å². The minimum atomic E-state index is -0.402. The highest BCUT2D eigenvalue weighted by Gasteiger charge is 2.19. The van der Waals surface area contributed by atoms with E-state index >= 15 is 0 Å². The van der Waals surface area contributed by atoms with Gasteiger partial charge >= 0.3 is 0 Å². The number of rotatable bonds is 6. The van der Waals surface area contributed by atoms with Crippen LogP contribution in [0.2, 0.25) is 0 Å². The van der Waals surface area contributed by atoms with Crippen LogP contribution in [0.5, 0.6) is 11.5 Å². The fraction of sp³-hybridized carbons (Fsp3) is 0.167. The molecule has 0 saturated carbocycles. The minimum absolute atomic E-state index is 0.0221. The van der Waals surface area contributed by atoms with Crippen molar-refractivity contribution in [3.05, 3.63) is 59.7 Å². The zero-order valence-corrected chi connectivity index (χ0v) is 14.2. The lowest BCUT2D eigenvalue weighted by Crippen LogP contribution is -2.24. The third-order valence-electron chi connectivity index (χ3n) is 3.61. The first-order chi connectivity index (χ1) is 12.6. The number of benzene rings is 2. The largest absolute Gasteiger partial charge is 0.496 e. The molecule has 26 heavy (non-hydrogen) atoms. The Morgan fingerprint density at radius 3 is 2.35 bits per heavy atom. The summed E-state index contributed by atoms with van der Waals surface area (Å²) in [5, 5.41) is 10.5. The second-order valence-electron chi connectivity index (χ2n) is 5.23. The number of halogens is 1. The van der Waals surface area contributed by atoms with Gasteiger partial charge in [0, 0.05) is 5.56 Å². The summed E-state index contributed by atoms with van der Waals surface area (Å²) in [6.07, 6.45) is 0. The van der Waals surface area contributed by atoms with Crippen molar-refractivity contribution >= 4 is 5.91 Å². The van der Waals surface area contributed by atoms with E-state index in [0.29, 0.717) is 17.1 Å². The van der Waals surface area contributed by atoms with Crippen molar-refractivity contribution in [3.8, 4) is 23.0 Å². The lowest BCUT2D eigenvalue weighted by atomic mass is 10.1. The molecule has 0 aliphatic carbocycles. The number of hydrogen-bond acceptors (Lipinski definition) is 6. The Morgan fingerprint density at radius 2 is 1.73 bits per heavy atom. The molecule has 7 nitrogen and oxygen atoms in total. The molecule has 0 unspecified atom stereocenters. The van der Waals surface area contributed by atoms with Crippen LogP contribution in [0.4, 0.5) is 4.39 Å². The lowest BCUT2D eigenvalue weighted by Gasteiger charge is -2.12. The number of hydrogen-bond donors (Lipinski definition) is 1. The van der Waals surface area contributed by atoms with Gasteiger partial charge in [-0.25, -0.2) is 4.39 Å². The molecule has 0 atom stereocenters. The first-order valence-electron chi connectivity index (χ1n) is 7.70. The number of amides is 1. The van der Waals surface area contributed by atoms with Gasteiger partial charge in [0.15, 0.2) is 0 Å². The van der Waals surface area contributed by atoms with Crippen LogP contribution in [0.3, 0.4) is 0 Å². The summed E-state index contributed by atoms with van der Waals surface area (Å²) in [6.45, 7) is 0.0221. The van der Waals surface area contributed by atoms with Crippen molar-refractivity contribution < 1.29 is 23.1 Å². The predicted octanol–water partition coefficient (Wildman–Crippen LogP) is 2.82. The van der Waals surface area contributed by atoms with E-state index in [2.05, 4.69) is 15.5 Å². The van der Waals surface area contributed by atoms with Gasteiger partial charge in [-0.1, -0.05) is 6.07 Å². The van der Waals surface area contributed by atoms with Gasteiger partial charge in [-0.2, -0.15) is 0 Å². The summed E-state index contributed by atoms with van der Waals surface area (Å²) >= 11 is 0. The third-order valence-corrected chi connectivity index (χ3v) is 3.61. The van der Waals surface area contributed by atoms with Gasteiger partial charge in [-0.05, 0) is 36.4 Å². The molecular formula is C18H16FN3O4. The van der Waals surface area contributed by atoms with Crippen molar-refractivity contribution in [2.75, 3.05) is 14.2 Å². The van der Waals surface area contributed by atoms with Gasteiger partial charge in [0.1, 0.15) is 22.9 Å². The molecule has 1 amide bonds. The molecule has 3 aromatic rings. The molecule has 134 valence electrons. The average Bonchev–Trinajstić information content (AvgIpc) is 3.15. The van der Waals surface area contributed by atoms with E-state index in [9.17, 15) is 9.18 Å². The Hall–Kier alpha value is -3.42. The summed E-state index contributed by atoms with van der Waals surface area (Å²) in [4.78, 5) is 12.5. The number of methoxy groups -OCH3 is 2. The first kappa shape index (κ1) is 17.4. The second kappa shape index (κ2) is 7.64. The standard InChI is InChI=1S/C18H16FN3O4/c1-24-13-4-3-5-14(25-2)16(13)17(23)20-10-15-21-22-18(26-15)11-6-8-12(19)9-7-11/h3-9H,10H2,1-2H3,(H,20,23). The van der Waals surface area contributed by atoms with Crippen molar-refractivity contribution in [2.24, 2.45) is 0 Å². The van der Waals surface area contributed by atoms with E-state index in [-0.39, 0.29) is 29.7 Å². The zero-order valence-electron chi connectivity index (χ0n) is 14.2. The molecule has 0 aliphatic heterocycles. The Morgan fingerprint density at radius 1 is 1.08 bits per heavy atom. The van der Waals surface area contributed by atoms with Crippen molar-refractivity contribution in [2.45, 2.75) is 6.54 Å². The van der Waals surface area contributed by atoms with Crippen molar-refractivity contribution in [3.63, 3.8) is 0 Å². The van der Waals surface area contributed by atoms with E-state index in [1.165, 1.54) is 38.5 Å². The van der Waals surface area contributed by atoms with Crippen LogP contribution in [0.15, 0.2) is 46.9 Å². The minimum Gasteiger partial charge on any atom is -0.496 e. The Kier molecular flexibility index (Phi) is 5.12. The molecule has 0 bridgehead atoms. The van der Waals surface area contributed by atoms with Crippen LogP contribution >= 0.6 is 0 Å². The molecule has 2 aromatic carbocycles. The maximum Gasteiger partial charge on any atom is 0.259 e. The maximum absolute atomic E-state index is 13.0. The number of aromatic nitrogens is 2. The van der Waals surface area contributed by atoms with Crippen LogP contribution < -0.4 is 14.8 Å². The quantitative estimate of drug-likeness (QED) is 0.730. The third kappa shape index (κ3) is 3.64. The number of ether oxygens (including phenoxy) is 2. The van der Waals surface area contributed by atoms with E-state index < -0.39 is 5.91 Å². The van der Waals surface area contributed by atoms with Gasteiger partial charge in [0.05, 0.1) is 20.8 Å². The molecule has 8 heteroatoms. The molecule has 1 heterocycles. The number of carbonyl (C=O) groups is 1. The highest BCUT2D eigenvalue weighted by molar-refractivity contribution is 5.99. The fourth-order valence-electron chi connectivity index (χ4n) is 2.35. The Labute approximate surface area is 148 Å². The SMILES string of the molecule is COc1cccc(OC)c1C(=O)NCc1nnc(-c2ccc(F)cc2)o1. The van der Waals surface area contributed by atoms with E-state index in [1.54, 1.807) is 18.2 Å². The van der Waals surface area contributed by atoms with Crippen LogP contribution in [-0.4, -0.2) is 30.3 Å². The molecule has 1 aromatic heterocycles. The number of nitrogens with zero attached hydrogens (tertiary/aromatic N) is 2. The van der Waals surface area contributed by atoms with E-state index in [4.69, 9.17) is 13.9 Å². The maximum atomic E-state index is 13.0. The van der Waals surface area contributed by atoms with Gasteiger partial charge in [0.2, 0.25) is 11.8 Å². The van der Waals surface area contributed by atoms with Gasteiger partial charge in [-0.3, -0.25) is 4.79 Å². The van der Waals surface area contributed by atoms with Crippen molar-refractivity contribution in [1.82, 2.24) is 15.5 Å². The molecule has 3 rings (SSSR count). The average molecular weight is 357 g/mol. The normalized spacial score (nSPS) is 10.4. The zero-order chi connectivity index (χ0) is 18.5. The lowest BCUT2D eigenvalue weighted by molar-refractivity contribution is 0.0941. The summed E-state index contributed by atoms with van der Waals surface area (Å²) < 4.78 is 28.9. The summed E-state index contributed by atoms with van der Waals surface area (Å²) in [7, 11) is 2.94. The second-order valence-corrected chi connectivity index (χ2v) is 5.23. The van der Waals surface area contributed by atoms with Gasteiger partial charge in [-0.15, -0.1) is 10.2 Å². The van der Waals surface area contributed by atoms with Crippen LogP contribution in [0.1, 0.15) is 16.2 Å². The fourth-order valence-corrected chi connectivity index (χ4v) is 2.35. The predicted molar refractivity (Wildman–Crippen MR) is 90.4 cm³/mol. The molecule has 1 N–H and O–H groups in total. The summed E-state index contributed by atoms with van der Waals surface area (Å²) in [5.74, 6) is 0.474. The number of carbonyl (C=O) groups excluding carboxylic acids is 1. The molecule has 0 radical (unpaired) electrons. The topological polar surface area (TPSA) is 86.5 Å². The highest BCUT2D eigenvalue weighted by Crippen LogP contribution is 2.28. The molecule has 0 saturated heterocycles. The summed E-state index contributed by atoms with van der Waals surface area (Å²) in [5.41, 5.74) is 0.860. The molecule has 0 fully saturated rings. The summed E-state index contributed by atoms with van der Waals surface area (Å²) in [6, 6.07) is 10.7. The monoisotopic (exact) mass is 357 g/mol. The van der Waals surface area contributed by atoms with E-state index in [1.807, 2.05) is 0 Å². The van der Waals surface area contributed by atoms with E-state index in [0.717, 1.165) is 0 Å². The highest BCUT2D eigenvalue weighted by atomic mass is 19.1. The molecule has 0 spiro atoms. The Balaban J connectivity index is 1.72. The van der Waals surface area contributed by atoms with Gasteiger partial charge < -0.3 is 19.2 Å². The molecule has 0 aliphatic rings. The van der Waals surface area contributed by atoms with Gasteiger partial charge in [0.25, 0.3) is 5.91 Å². The van der Waals surface area contributed by atoms with Crippen LogP contribution in [0, 0.1) is 5.82 Å². The van der Waals surface area contributed by atoms with Crippen molar-refractivity contribution in [1.29, 1.82) is 0 Å². The Bertz CT molecular complexity index is 887. The smallest absolute Gasteiger partial charge is 0.259 e. The molecular weight excluding hydrogens is 341 g/mol. The number of nitrogens with one attached hydrogen (secondary N) is 1. The first-order valence-corrected chi connectivity index (χ1v) is 7.70.